The first-order valence-corrected chi connectivity index (χ1v) is 7.66. The van der Waals surface area contributed by atoms with Crippen molar-refractivity contribution in [2.75, 3.05) is 13.3 Å². The van der Waals surface area contributed by atoms with Crippen molar-refractivity contribution in [2.24, 2.45) is 0 Å². The van der Waals surface area contributed by atoms with E-state index < -0.39 is 0 Å². The van der Waals surface area contributed by atoms with Gasteiger partial charge in [0.15, 0.2) is 11.5 Å². The van der Waals surface area contributed by atoms with Crippen molar-refractivity contribution in [1.82, 2.24) is 4.90 Å². The lowest BCUT2D eigenvalue weighted by Gasteiger charge is -2.10. The number of carbonyl (C=O) groups is 1. The first-order chi connectivity index (χ1) is 10.1. The van der Waals surface area contributed by atoms with Crippen LogP contribution in [-0.4, -0.2) is 28.5 Å². The first-order valence-electron chi connectivity index (χ1n) is 6.05. The molecule has 0 N–H and O–H groups in total. The molecule has 0 spiro atoms. The minimum atomic E-state index is -0.140. The van der Waals surface area contributed by atoms with Crippen LogP contribution in [0.1, 0.15) is 5.56 Å². The van der Waals surface area contributed by atoms with Crippen molar-refractivity contribution in [1.29, 1.82) is 0 Å². The number of fused-ring (bicyclic) bond motifs is 1. The minimum absolute atomic E-state index is 0.140. The van der Waals surface area contributed by atoms with Crippen LogP contribution >= 0.6 is 35.6 Å². The topological polar surface area (TPSA) is 38.8 Å². The maximum absolute atomic E-state index is 12.3. The SMILES string of the molecule is C=CCN1C(=O)/C(=C/c2cc3c(cc2Cl)OCO3)SC1=S. The van der Waals surface area contributed by atoms with E-state index in [0.29, 0.717) is 37.9 Å². The Labute approximate surface area is 136 Å². The molecule has 0 aliphatic carbocycles. The van der Waals surface area contributed by atoms with Crippen LogP contribution in [0.15, 0.2) is 29.7 Å². The van der Waals surface area contributed by atoms with Gasteiger partial charge >= 0.3 is 0 Å². The van der Waals surface area contributed by atoms with E-state index in [4.69, 9.17) is 33.3 Å². The van der Waals surface area contributed by atoms with E-state index in [1.807, 2.05) is 0 Å². The zero-order valence-electron chi connectivity index (χ0n) is 10.8. The van der Waals surface area contributed by atoms with E-state index in [-0.39, 0.29) is 12.7 Å². The third-order valence-corrected chi connectivity index (χ3v) is 4.67. The number of carbonyl (C=O) groups excluding carboxylic acids is 1. The average molecular weight is 340 g/mol. The lowest BCUT2D eigenvalue weighted by molar-refractivity contribution is -0.121. The van der Waals surface area contributed by atoms with Gasteiger partial charge in [-0.25, -0.2) is 0 Å². The van der Waals surface area contributed by atoms with Crippen molar-refractivity contribution in [3.05, 3.63) is 40.3 Å². The van der Waals surface area contributed by atoms with Crippen molar-refractivity contribution >= 4 is 51.9 Å². The summed E-state index contributed by atoms with van der Waals surface area (Å²) < 4.78 is 11.1. The molecule has 1 amide bonds. The molecule has 2 aliphatic rings. The number of thioether (sulfide) groups is 1. The number of thiocarbonyl (C=S) groups is 1. The largest absolute Gasteiger partial charge is 0.454 e. The highest BCUT2D eigenvalue weighted by molar-refractivity contribution is 8.26. The second kappa shape index (κ2) is 5.71. The molecule has 21 heavy (non-hydrogen) atoms. The molecule has 0 saturated carbocycles. The zero-order valence-corrected chi connectivity index (χ0v) is 13.2. The molecule has 4 nitrogen and oxygen atoms in total. The van der Waals surface area contributed by atoms with Gasteiger partial charge in [-0.2, -0.15) is 0 Å². The highest BCUT2D eigenvalue weighted by Crippen LogP contribution is 2.39. The van der Waals surface area contributed by atoms with E-state index in [1.165, 1.54) is 16.7 Å². The molecule has 0 bridgehead atoms. The van der Waals surface area contributed by atoms with Gasteiger partial charge < -0.3 is 9.47 Å². The third kappa shape index (κ3) is 2.66. The van der Waals surface area contributed by atoms with Gasteiger partial charge in [0.25, 0.3) is 5.91 Å². The lowest BCUT2D eigenvalue weighted by Crippen LogP contribution is -2.27. The van der Waals surface area contributed by atoms with Gasteiger partial charge in [0, 0.05) is 12.6 Å². The molecule has 3 rings (SSSR count). The summed E-state index contributed by atoms with van der Waals surface area (Å²) in [5, 5.41) is 0.494. The van der Waals surface area contributed by atoms with Gasteiger partial charge in [-0.15, -0.1) is 6.58 Å². The van der Waals surface area contributed by atoms with Crippen LogP contribution in [0.4, 0.5) is 0 Å². The summed E-state index contributed by atoms with van der Waals surface area (Å²) in [6, 6.07) is 3.44. The normalized spacial score (nSPS) is 18.7. The first kappa shape index (κ1) is 14.4. The van der Waals surface area contributed by atoms with Crippen LogP contribution in [0.5, 0.6) is 11.5 Å². The Morgan fingerprint density at radius 3 is 2.86 bits per heavy atom. The molecule has 0 aromatic heterocycles. The molecule has 108 valence electrons. The summed E-state index contributed by atoms with van der Waals surface area (Å²) in [7, 11) is 0. The zero-order chi connectivity index (χ0) is 15.0. The monoisotopic (exact) mass is 339 g/mol. The van der Waals surface area contributed by atoms with E-state index in [0.717, 1.165) is 0 Å². The summed E-state index contributed by atoms with van der Waals surface area (Å²) in [5.74, 6) is 1.09. The molecule has 0 radical (unpaired) electrons. The summed E-state index contributed by atoms with van der Waals surface area (Å²) >= 11 is 12.6. The van der Waals surface area contributed by atoms with Gasteiger partial charge in [0.2, 0.25) is 6.79 Å². The Bertz CT molecular complexity index is 687. The number of halogens is 1. The van der Waals surface area contributed by atoms with Gasteiger partial charge in [0.1, 0.15) is 4.32 Å². The Balaban J connectivity index is 1.94. The predicted molar refractivity (Wildman–Crippen MR) is 87.7 cm³/mol. The van der Waals surface area contributed by atoms with Gasteiger partial charge in [0.05, 0.1) is 9.93 Å². The molecule has 2 heterocycles. The fourth-order valence-electron chi connectivity index (χ4n) is 1.97. The lowest BCUT2D eigenvalue weighted by atomic mass is 10.2. The number of hydrogen-bond acceptors (Lipinski definition) is 5. The van der Waals surface area contributed by atoms with E-state index in [2.05, 4.69) is 6.58 Å². The Hall–Kier alpha value is -1.50. The average Bonchev–Trinajstić information content (AvgIpc) is 2.99. The predicted octanol–water partition coefficient (Wildman–Crippen LogP) is 3.46. The minimum Gasteiger partial charge on any atom is -0.454 e. The molecule has 7 heteroatoms. The van der Waals surface area contributed by atoms with Crippen molar-refractivity contribution in [2.45, 2.75) is 0 Å². The van der Waals surface area contributed by atoms with E-state index in [9.17, 15) is 4.79 Å². The molecule has 1 saturated heterocycles. The Morgan fingerprint density at radius 1 is 1.43 bits per heavy atom. The van der Waals surface area contributed by atoms with E-state index >= 15 is 0 Å². The molecule has 0 atom stereocenters. The fraction of sp³-hybridized carbons (Fsp3) is 0.143. The number of ether oxygens (including phenoxy) is 2. The van der Waals surface area contributed by atoms with Crippen LogP contribution < -0.4 is 9.47 Å². The molecular weight excluding hydrogens is 330 g/mol. The molecule has 0 unspecified atom stereocenters. The number of benzene rings is 1. The van der Waals surface area contributed by atoms with Gasteiger partial charge in [-0.05, 0) is 17.7 Å². The van der Waals surface area contributed by atoms with Crippen LogP contribution in [-0.2, 0) is 4.79 Å². The number of nitrogens with zero attached hydrogens (tertiary/aromatic N) is 1. The number of rotatable bonds is 3. The van der Waals surface area contributed by atoms with Crippen LogP contribution in [0.2, 0.25) is 5.02 Å². The Kier molecular flexibility index (Phi) is 3.93. The van der Waals surface area contributed by atoms with Crippen molar-refractivity contribution in [3.63, 3.8) is 0 Å². The second-order valence-corrected chi connectivity index (χ2v) is 6.39. The maximum Gasteiger partial charge on any atom is 0.266 e. The molecule has 1 fully saturated rings. The van der Waals surface area contributed by atoms with Gasteiger partial charge in [-0.3, -0.25) is 9.69 Å². The smallest absolute Gasteiger partial charge is 0.266 e. The number of amides is 1. The summed E-state index contributed by atoms with van der Waals surface area (Å²) in [4.78, 5) is 14.3. The number of hydrogen-bond donors (Lipinski definition) is 0. The van der Waals surface area contributed by atoms with Crippen molar-refractivity contribution in [3.8, 4) is 11.5 Å². The quantitative estimate of drug-likeness (QED) is 0.479. The van der Waals surface area contributed by atoms with E-state index in [1.54, 1.807) is 24.3 Å². The van der Waals surface area contributed by atoms with Crippen LogP contribution in [0, 0.1) is 0 Å². The molecule has 1 aromatic rings. The van der Waals surface area contributed by atoms with Gasteiger partial charge in [-0.1, -0.05) is 41.7 Å². The maximum atomic E-state index is 12.3. The Morgan fingerprint density at radius 2 is 2.14 bits per heavy atom. The third-order valence-electron chi connectivity index (χ3n) is 2.96. The standard InChI is InChI=1S/C14H10ClNO3S2/c1-2-3-16-13(17)12(21-14(16)20)5-8-4-10-11(6-9(8)15)19-7-18-10/h2,4-6H,1,3,7H2/b12-5-. The summed E-state index contributed by atoms with van der Waals surface area (Å²) in [6.07, 6.45) is 3.36. The fourth-order valence-corrected chi connectivity index (χ4v) is 3.45. The molecule has 1 aromatic carbocycles. The molecular formula is C14H10ClNO3S2. The highest BCUT2D eigenvalue weighted by atomic mass is 35.5. The second-order valence-electron chi connectivity index (χ2n) is 4.31. The molecule has 2 aliphatic heterocycles. The summed E-state index contributed by atoms with van der Waals surface area (Å²) in [5.41, 5.74) is 0.694. The highest BCUT2D eigenvalue weighted by Gasteiger charge is 2.31. The van der Waals surface area contributed by atoms with Crippen molar-refractivity contribution < 1.29 is 14.3 Å². The summed E-state index contributed by atoms with van der Waals surface area (Å²) in [6.45, 7) is 4.20. The van der Waals surface area contributed by atoms with Crippen LogP contribution in [0.25, 0.3) is 6.08 Å². The van der Waals surface area contributed by atoms with Crippen LogP contribution in [0.3, 0.4) is 0 Å².